The number of aryl methyl sites for hydroxylation is 1. The molecule has 0 fully saturated rings. The van der Waals surface area contributed by atoms with Gasteiger partial charge in [0.1, 0.15) is 5.82 Å². The Labute approximate surface area is 140 Å². The van der Waals surface area contributed by atoms with Gasteiger partial charge in [-0.05, 0) is 47.7 Å². The number of fused-ring (bicyclic) bond motifs is 1. The Bertz CT molecular complexity index is 899. The number of hydrogen-bond acceptors (Lipinski definition) is 0. The van der Waals surface area contributed by atoms with Crippen LogP contribution in [-0.2, 0) is 6.42 Å². The fourth-order valence-electron chi connectivity index (χ4n) is 2.53. The van der Waals surface area contributed by atoms with Crippen LogP contribution in [0.25, 0.3) is 10.8 Å². The van der Waals surface area contributed by atoms with Gasteiger partial charge < -0.3 is 0 Å². The molecule has 0 aromatic heterocycles. The van der Waals surface area contributed by atoms with Crippen LogP contribution in [0.2, 0.25) is 5.02 Å². The third kappa shape index (κ3) is 3.55. The summed E-state index contributed by atoms with van der Waals surface area (Å²) in [7, 11) is 0. The Kier molecular flexibility index (Phi) is 4.65. The molecule has 3 aromatic rings. The Morgan fingerprint density at radius 1 is 0.913 bits per heavy atom. The fraction of sp³-hybridized carbons (Fsp3) is 0.143. The summed E-state index contributed by atoms with van der Waals surface area (Å²) >= 11 is 5.80. The minimum atomic E-state index is -0.379. The predicted octanol–water partition coefficient (Wildman–Crippen LogP) is 5.98. The maximum atomic E-state index is 13.9. The molecule has 0 nitrogen and oxygen atoms in total. The van der Waals surface area contributed by atoms with Gasteiger partial charge in [0.15, 0.2) is 0 Å². The lowest BCUT2D eigenvalue weighted by molar-refractivity contribution is 0.640. The molecule has 0 N–H and O–H groups in total. The minimum absolute atomic E-state index is 0.142. The van der Waals surface area contributed by atoms with E-state index in [1.54, 1.807) is 12.1 Å². The molecular formula is C21H16ClF. The van der Waals surface area contributed by atoms with E-state index in [9.17, 15) is 4.39 Å². The third-order valence-electron chi connectivity index (χ3n) is 3.75. The molecule has 0 heterocycles. The zero-order valence-electron chi connectivity index (χ0n) is 12.9. The normalized spacial score (nSPS) is 10.4. The summed E-state index contributed by atoms with van der Waals surface area (Å²) in [6, 6.07) is 17.1. The van der Waals surface area contributed by atoms with E-state index in [4.69, 9.17) is 11.6 Å². The molecule has 0 spiro atoms. The van der Waals surface area contributed by atoms with Crippen molar-refractivity contribution < 1.29 is 4.39 Å². The molecule has 3 rings (SSSR count). The van der Waals surface area contributed by atoms with Crippen molar-refractivity contribution in [2.24, 2.45) is 0 Å². The Morgan fingerprint density at radius 2 is 1.61 bits per heavy atom. The maximum absolute atomic E-state index is 13.9. The molecule has 0 saturated heterocycles. The zero-order valence-corrected chi connectivity index (χ0v) is 13.6. The van der Waals surface area contributed by atoms with Gasteiger partial charge >= 0.3 is 0 Å². The summed E-state index contributed by atoms with van der Waals surface area (Å²) < 4.78 is 13.9. The molecule has 0 amide bonds. The number of halogens is 2. The first-order valence-electron chi connectivity index (χ1n) is 7.66. The van der Waals surface area contributed by atoms with Crippen LogP contribution in [0.4, 0.5) is 4.39 Å². The lowest BCUT2D eigenvalue weighted by atomic mass is 10.1. The standard InChI is InChI=1S/C21H16ClF/c1-2-3-15-4-6-16(7-5-15)8-9-17-10-12-19-18(14-17)11-13-20(22)21(19)23/h4-7,10-14H,2-3H2,1H3. The van der Waals surface area contributed by atoms with Crippen LogP contribution in [0.15, 0.2) is 54.6 Å². The fourth-order valence-corrected chi connectivity index (χ4v) is 2.70. The zero-order chi connectivity index (χ0) is 16.2. The average molecular weight is 323 g/mol. The SMILES string of the molecule is CCCc1ccc(C#Cc2ccc3c(F)c(Cl)ccc3c2)cc1. The quantitative estimate of drug-likeness (QED) is 0.509. The summed E-state index contributed by atoms with van der Waals surface area (Å²) in [6.07, 6.45) is 2.23. The second-order valence-corrected chi connectivity index (χ2v) is 5.90. The molecular weight excluding hydrogens is 307 g/mol. The predicted molar refractivity (Wildman–Crippen MR) is 95.3 cm³/mol. The highest BCUT2D eigenvalue weighted by Crippen LogP contribution is 2.25. The van der Waals surface area contributed by atoms with Gasteiger partial charge in [0.25, 0.3) is 0 Å². The smallest absolute Gasteiger partial charge is 0.149 e. The molecule has 0 aliphatic heterocycles. The minimum Gasteiger partial charge on any atom is -0.205 e. The van der Waals surface area contributed by atoms with Crippen molar-refractivity contribution in [3.8, 4) is 11.8 Å². The first-order chi connectivity index (χ1) is 11.2. The third-order valence-corrected chi connectivity index (χ3v) is 4.04. The molecule has 23 heavy (non-hydrogen) atoms. The molecule has 2 heteroatoms. The lowest BCUT2D eigenvalue weighted by Gasteiger charge is -2.02. The van der Waals surface area contributed by atoms with E-state index >= 15 is 0 Å². The van der Waals surface area contributed by atoms with Crippen LogP contribution in [0, 0.1) is 17.7 Å². The second-order valence-electron chi connectivity index (χ2n) is 5.49. The summed E-state index contributed by atoms with van der Waals surface area (Å²) in [5.74, 6) is 5.90. The van der Waals surface area contributed by atoms with Crippen LogP contribution in [0.5, 0.6) is 0 Å². The lowest BCUT2D eigenvalue weighted by Crippen LogP contribution is -1.84. The molecule has 0 aliphatic carbocycles. The highest BCUT2D eigenvalue weighted by molar-refractivity contribution is 6.31. The van der Waals surface area contributed by atoms with E-state index in [0.717, 1.165) is 29.4 Å². The van der Waals surface area contributed by atoms with E-state index in [1.807, 2.05) is 30.3 Å². The Morgan fingerprint density at radius 3 is 2.35 bits per heavy atom. The van der Waals surface area contributed by atoms with E-state index in [1.165, 1.54) is 5.56 Å². The average Bonchev–Trinajstić information content (AvgIpc) is 2.58. The van der Waals surface area contributed by atoms with Crippen molar-refractivity contribution in [1.29, 1.82) is 0 Å². The molecule has 0 aliphatic rings. The summed E-state index contributed by atoms with van der Waals surface area (Å²) in [5.41, 5.74) is 3.17. The molecule has 0 saturated carbocycles. The number of rotatable bonds is 2. The second kappa shape index (κ2) is 6.86. The summed E-state index contributed by atoms with van der Waals surface area (Å²) in [5, 5.41) is 1.47. The van der Waals surface area contributed by atoms with Gasteiger partial charge in [0.2, 0.25) is 0 Å². The van der Waals surface area contributed by atoms with E-state index < -0.39 is 0 Å². The molecule has 114 valence electrons. The van der Waals surface area contributed by atoms with E-state index in [0.29, 0.717) is 5.39 Å². The largest absolute Gasteiger partial charge is 0.205 e. The molecule has 3 aromatic carbocycles. The monoisotopic (exact) mass is 322 g/mol. The van der Waals surface area contributed by atoms with E-state index in [2.05, 4.69) is 30.9 Å². The van der Waals surface area contributed by atoms with Crippen LogP contribution < -0.4 is 0 Å². The van der Waals surface area contributed by atoms with Crippen molar-refractivity contribution in [3.05, 3.63) is 82.1 Å². The highest BCUT2D eigenvalue weighted by atomic mass is 35.5. The first-order valence-corrected chi connectivity index (χ1v) is 8.04. The molecule has 0 bridgehead atoms. The number of hydrogen-bond donors (Lipinski definition) is 0. The van der Waals surface area contributed by atoms with E-state index in [-0.39, 0.29) is 10.8 Å². The van der Waals surface area contributed by atoms with Gasteiger partial charge in [-0.2, -0.15) is 0 Å². The Balaban J connectivity index is 1.89. The van der Waals surface area contributed by atoms with Crippen molar-refractivity contribution >= 4 is 22.4 Å². The molecule has 0 radical (unpaired) electrons. The van der Waals surface area contributed by atoms with Gasteiger partial charge in [0, 0.05) is 16.5 Å². The van der Waals surface area contributed by atoms with Gasteiger partial charge in [-0.15, -0.1) is 0 Å². The first kappa shape index (κ1) is 15.6. The van der Waals surface area contributed by atoms with Crippen LogP contribution in [-0.4, -0.2) is 0 Å². The van der Waals surface area contributed by atoms with Crippen LogP contribution in [0.1, 0.15) is 30.0 Å². The summed E-state index contributed by atoms with van der Waals surface area (Å²) in [4.78, 5) is 0. The maximum Gasteiger partial charge on any atom is 0.149 e. The topological polar surface area (TPSA) is 0 Å². The van der Waals surface area contributed by atoms with Crippen molar-refractivity contribution in [3.63, 3.8) is 0 Å². The van der Waals surface area contributed by atoms with Crippen molar-refractivity contribution in [2.75, 3.05) is 0 Å². The van der Waals surface area contributed by atoms with Gasteiger partial charge in [-0.3, -0.25) is 0 Å². The highest BCUT2D eigenvalue weighted by Gasteiger charge is 2.05. The van der Waals surface area contributed by atoms with Crippen LogP contribution >= 0.6 is 11.6 Å². The van der Waals surface area contributed by atoms with Gasteiger partial charge in [0.05, 0.1) is 5.02 Å². The Hall–Kier alpha value is -2.30. The van der Waals surface area contributed by atoms with Crippen molar-refractivity contribution in [2.45, 2.75) is 19.8 Å². The molecule has 0 unspecified atom stereocenters. The van der Waals surface area contributed by atoms with Gasteiger partial charge in [-0.25, -0.2) is 4.39 Å². The molecule has 0 atom stereocenters. The van der Waals surface area contributed by atoms with Crippen LogP contribution in [0.3, 0.4) is 0 Å². The summed E-state index contributed by atoms with van der Waals surface area (Å²) in [6.45, 7) is 2.17. The number of benzene rings is 3. The van der Waals surface area contributed by atoms with Gasteiger partial charge in [-0.1, -0.05) is 61.1 Å². The van der Waals surface area contributed by atoms with Crippen molar-refractivity contribution in [1.82, 2.24) is 0 Å².